The lowest BCUT2D eigenvalue weighted by Crippen LogP contribution is -2.46. The zero-order valence-corrected chi connectivity index (χ0v) is 14.8. The molecule has 1 N–H and O–H groups in total. The molecule has 0 saturated heterocycles. The maximum Gasteiger partial charge on any atom is 0.408 e. The summed E-state index contributed by atoms with van der Waals surface area (Å²) in [5, 5.41) is 3.33. The van der Waals surface area contributed by atoms with Crippen molar-refractivity contribution in [3.8, 4) is 0 Å². The summed E-state index contributed by atoms with van der Waals surface area (Å²) in [4.78, 5) is 23.8. The Kier molecular flexibility index (Phi) is 7.55. The zero-order valence-electron chi connectivity index (χ0n) is 13.2. The molecule has 1 amide bonds. The predicted molar refractivity (Wildman–Crippen MR) is 82.0 cm³/mol. The van der Waals surface area contributed by atoms with Gasteiger partial charge in [-0.25, -0.2) is 9.59 Å². The van der Waals surface area contributed by atoms with Gasteiger partial charge in [0.25, 0.3) is 0 Å². The van der Waals surface area contributed by atoms with Crippen molar-refractivity contribution in [3.05, 3.63) is 0 Å². The topological polar surface area (TPSA) is 64.6 Å². The third kappa shape index (κ3) is 10.1. The number of alkyl carbamates (subject to hydrolysis) is 1. The molecule has 0 aromatic rings. The Balaban J connectivity index is 4.63. The first-order valence-corrected chi connectivity index (χ1v) is 7.85. The van der Waals surface area contributed by atoms with E-state index in [1.54, 1.807) is 41.5 Å². The largest absolute Gasteiger partial charge is 0.458 e. The van der Waals surface area contributed by atoms with Crippen LogP contribution in [0.1, 0.15) is 54.4 Å². The second-order valence-corrected chi connectivity index (χ2v) is 7.36. The number of hydrogen-bond acceptors (Lipinski definition) is 4. The molecule has 1 unspecified atom stereocenters. The Bertz CT molecular complexity index is 331. The van der Waals surface area contributed by atoms with Crippen LogP contribution in [0.3, 0.4) is 0 Å². The van der Waals surface area contributed by atoms with Gasteiger partial charge in [0.2, 0.25) is 0 Å². The standard InChI is InChI=1S/C14H26BrNO4/c1-13(2,3)19-11(17)10(8-7-9-15)16-12(18)20-14(4,5)6/h10H,7-9H2,1-6H3,(H,16,18). The van der Waals surface area contributed by atoms with E-state index in [1.807, 2.05) is 0 Å². The van der Waals surface area contributed by atoms with E-state index < -0.39 is 29.3 Å². The zero-order chi connectivity index (χ0) is 16.0. The van der Waals surface area contributed by atoms with Crippen LogP contribution in [-0.2, 0) is 14.3 Å². The van der Waals surface area contributed by atoms with Crippen LogP contribution in [0.2, 0.25) is 0 Å². The van der Waals surface area contributed by atoms with Gasteiger partial charge in [-0.1, -0.05) is 15.9 Å². The third-order valence-corrected chi connectivity index (χ3v) is 2.57. The average molecular weight is 352 g/mol. The fourth-order valence-electron chi connectivity index (χ4n) is 1.35. The molecule has 0 spiro atoms. The van der Waals surface area contributed by atoms with Crippen molar-refractivity contribution in [2.45, 2.75) is 71.6 Å². The smallest absolute Gasteiger partial charge is 0.408 e. The average Bonchev–Trinajstić information content (AvgIpc) is 2.18. The molecule has 0 aliphatic rings. The van der Waals surface area contributed by atoms with Crippen LogP contribution in [0.15, 0.2) is 0 Å². The van der Waals surface area contributed by atoms with Crippen molar-refractivity contribution in [3.63, 3.8) is 0 Å². The molecule has 1 atom stereocenters. The van der Waals surface area contributed by atoms with E-state index in [1.165, 1.54) is 0 Å². The quantitative estimate of drug-likeness (QED) is 0.608. The monoisotopic (exact) mass is 351 g/mol. The number of carbonyl (C=O) groups is 2. The van der Waals surface area contributed by atoms with E-state index in [9.17, 15) is 9.59 Å². The van der Waals surface area contributed by atoms with Gasteiger partial charge in [-0.2, -0.15) is 0 Å². The highest BCUT2D eigenvalue weighted by molar-refractivity contribution is 9.09. The van der Waals surface area contributed by atoms with E-state index in [4.69, 9.17) is 9.47 Å². The molecule has 20 heavy (non-hydrogen) atoms. The molecular formula is C14H26BrNO4. The van der Waals surface area contributed by atoms with Crippen LogP contribution >= 0.6 is 15.9 Å². The minimum atomic E-state index is -0.693. The molecule has 0 bridgehead atoms. The maximum absolute atomic E-state index is 12.1. The van der Waals surface area contributed by atoms with E-state index in [0.29, 0.717) is 6.42 Å². The number of halogens is 1. The highest BCUT2D eigenvalue weighted by Crippen LogP contribution is 2.12. The van der Waals surface area contributed by atoms with Crippen molar-refractivity contribution in [2.75, 3.05) is 5.33 Å². The Labute approximate surface area is 129 Å². The third-order valence-electron chi connectivity index (χ3n) is 2.01. The number of amides is 1. The van der Waals surface area contributed by atoms with Gasteiger partial charge in [-0.15, -0.1) is 0 Å². The minimum Gasteiger partial charge on any atom is -0.458 e. The van der Waals surface area contributed by atoms with Crippen molar-refractivity contribution in [2.24, 2.45) is 0 Å². The van der Waals surface area contributed by atoms with Gasteiger partial charge < -0.3 is 14.8 Å². The summed E-state index contributed by atoms with van der Waals surface area (Å²) in [6.45, 7) is 10.7. The summed E-state index contributed by atoms with van der Waals surface area (Å²) in [7, 11) is 0. The van der Waals surface area contributed by atoms with Crippen LogP contribution in [-0.4, -0.2) is 34.6 Å². The van der Waals surface area contributed by atoms with Gasteiger partial charge >= 0.3 is 12.1 Å². The molecule has 5 nitrogen and oxygen atoms in total. The number of ether oxygens (including phenoxy) is 2. The second kappa shape index (κ2) is 7.86. The molecule has 0 aromatic carbocycles. The molecule has 0 aromatic heterocycles. The van der Waals surface area contributed by atoms with Crippen LogP contribution in [0.4, 0.5) is 4.79 Å². The number of rotatable bonds is 5. The lowest BCUT2D eigenvalue weighted by molar-refractivity contribution is -0.157. The van der Waals surface area contributed by atoms with Crippen LogP contribution in [0.25, 0.3) is 0 Å². The van der Waals surface area contributed by atoms with E-state index in [0.717, 1.165) is 11.8 Å². The summed E-state index contributed by atoms with van der Waals surface area (Å²) in [5.74, 6) is -0.440. The fourth-order valence-corrected chi connectivity index (χ4v) is 1.68. The maximum atomic E-state index is 12.1. The van der Waals surface area contributed by atoms with Gasteiger partial charge in [0, 0.05) is 5.33 Å². The fraction of sp³-hybridized carbons (Fsp3) is 0.857. The Morgan fingerprint density at radius 1 is 1.05 bits per heavy atom. The normalized spacial score (nSPS) is 13.6. The summed E-state index contributed by atoms with van der Waals surface area (Å²) < 4.78 is 10.5. The van der Waals surface area contributed by atoms with E-state index >= 15 is 0 Å². The first-order chi connectivity index (χ1) is 8.94. The van der Waals surface area contributed by atoms with Gasteiger partial charge in [0.1, 0.15) is 17.2 Å². The molecule has 0 heterocycles. The van der Waals surface area contributed by atoms with E-state index in [-0.39, 0.29) is 0 Å². The number of carbonyl (C=O) groups excluding carboxylic acids is 2. The molecule has 0 radical (unpaired) electrons. The van der Waals surface area contributed by atoms with Gasteiger partial charge in [0.15, 0.2) is 0 Å². The molecule has 0 aliphatic carbocycles. The first kappa shape index (κ1) is 19.2. The predicted octanol–water partition coefficient (Wildman–Crippen LogP) is 3.40. The molecule has 6 heteroatoms. The number of hydrogen-bond donors (Lipinski definition) is 1. The molecule has 0 aliphatic heterocycles. The lowest BCUT2D eigenvalue weighted by Gasteiger charge is -2.26. The summed E-state index contributed by atoms with van der Waals surface area (Å²) in [6.07, 6.45) is 0.641. The van der Waals surface area contributed by atoms with E-state index in [2.05, 4.69) is 21.2 Å². The molecule has 0 rings (SSSR count). The Morgan fingerprint density at radius 2 is 1.55 bits per heavy atom. The Morgan fingerprint density at radius 3 is 1.95 bits per heavy atom. The van der Waals surface area contributed by atoms with Crippen LogP contribution in [0.5, 0.6) is 0 Å². The van der Waals surface area contributed by atoms with Crippen LogP contribution < -0.4 is 5.32 Å². The van der Waals surface area contributed by atoms with Gasteiger partial charge in [-0.05, 0) is 54.4 Å². The molecule has 118 valence electrons. The van der Waals surface area contributed by atoms with Gasteiger partial charge in [0.05, 0.1) is 0 Å². The number of alkyl halides is 1. The second-order valence-electron chi connectivity index (χ2n) is 6.56. The highest BCUT2D eigenvalue weighted by atomic mass is 79.9. The highest BCUT2D eigenvalue weighted by Gasteiger charge is 2.28. The lowest BCUT2D eigenvalue weighted by atomic mass is 10.1. The van der Waals surface area contributed by atoms with Crippen molar-refractivity contribution < 1.29 is 19.1 Å². The van der Waals surface area contributed by atoms with Crippen molar-refractivity contribution >= 4 is 28.0 Å². The summed E-state index contributed by atoms with van der Waals surface area (Å²) >= 11 is 3.31. The number of nitrogens with one attached hydrogen (secondary N) is 1. The SMILES string of the molecule is CC(C)(C)OC(=O)NC(CCCBr)C(=O)OC(C)(C)C. The summed E-state index contributed by atoms with van der Waals surface area (Å²) in [5.41, 5.74) is -1.18. The molecule has 0 fully saturated rings. The minimum absolute atomic E-state index is 0.440. The Hall–Kier alpha value is -0.780. The molecule has 0 saturated carbocycles. The number of esters is 1. The summed E-state index contributed by atoms with van der Waals surface area (Å²) in [6, 6.07) is -0.693. The van der Waals surface area contributed by atoms with Crippen molar-refractivity contribution in [1.29, 1.82) is 0 Å². The van der Waals surface area contributed by atoms with Gasteiger partial charge in [-0.3, -0.25) is 0 Å². The molecular weight excluding hydrogens is 326 g/mol. The van der Waals surface area contributed by atoms with Crippen molar-refractivity contribution in [1.82, 2.24) is 5.32 Å². The van der Waals surface area contributed by atoms with Crippen LogP contribution in [0, 0.1) is 0 Å². The first-order valence-electron chi connectivity index (χ1n) is 6.73.